The molecule has 1 amide bonds. The Morgan fingerprint density at radius 3 is 3.00 bits per heavy atom. The number of nitrogens with zero attached hydrogens (tertiary/aromatic N) is 1. The minimum absolute atomic E-state index is 0.0914. The van der Waals surface area contributed by atoms with E-state index in [4.69, 9.17) is 0 Å². The Hall–Kier alpha value is -0.870. The van der Waals surface area contributed by atoms with Gasteiger partial charge in [0.15, 0.2) is 0 Å². The topological polar surface area (TPSA) is 32.3 Å². The lowest BCUT2D eigenvalue weighted by Gasteiger charge is -2.32. The van der Waals surface area contributed by atoms with E-state index in [1.807, 2.05) is 4.90 Å². The van der Waals surface area contributed by atoms with Gasteiger partial charge in [-0.05, 0) is 54.5 Å². The van der Waals surface area contributed by atoms with Crippen molar-refractivity contribution in [2.24, 2.45) is 0 Å². The van der Waals surface area contributed by atoms with Crippen molar-refractivity contribution in [3.8, 4) is 0 Å². The van der Waals surface area contributed by atoms with Crippen molar-refractivity contribution in [2.75, 3.05) is 13.1 Å². The number of amides is 1. The standard InChI is InChI=1S/C14H20N2OS/c17-14-13(15-12-3-4-12)2-1-7-16(14)8-5-11-6-9-18-10-11/h6,9-10,12-13,15H,1-5,7-8H2. The van der Waals surface area contributed by atoms with Gasteiger partial charge in [0.25, 0.3) is 0 Å². The number of nitrogens with one attached hydrogen (secondary N) is 1. The number of hydrogen-bond donors (Lipinski definition) is 1. The summed E-state index contributed by atoms with van der Waals surface area (Å²) in [5.41, 5.74) is 1.35. The molecule has 98 valence electrons. The average Bonchev–Trinajstić information content (AvgIpc) is 3.04. The van der Waals surface area contributed by atoms with Crippen molar-refractivity contribution in [1.29, 1.82) is 0 Å². The molecule has 0 bridgehead atoms. The first-order valence-corrected chi connectivity index (χ1v) is 7.83. The van der Waals surface area contributed by atoms with Crippen LogP contribution in [0.15, 0.2) is 16.8 Å². The van der Waals surface area contributed by atoms with Gasteiger partial charge in [-0.3, -0.25) is 4.79 Å². The van der Waals surface area contributed by atoms with Gasteiger partial charge in [-0.1, -0.05) is 0 Å². The van der Waals surface area contributed by atoms with E-state index in [0.717, 1.165) is 32.4 Å². The van der Waals surface area contributed by atoms with Crippen molar-refractivity contribution in [3.63, 3.8) is 0 Å². The molecule has 1 atom stereocenters. The van der Waals surface area contributed by atoms with E-state index in [1.165, 1.54) is 18.4 Å². The van der Waals surface area contributed by atoms with E-state index in [9.17, 15) is 4.79 Å². The first-order chi connectivity index (χ1) is 8.83. The van der Waals surface area contributed by atoms with Gasteiger partial charge in [-0.2, -0.15) is 11.3 Å². The van der Waals surface area contributed by atoms with E-state index in [-0.39, 0.29) is 6.04 Å². The molecule has 1 aliphatic carbocycles. The van der Waals surface area contributed by atoms with E-state index in [1.54, 1.807) is 11.3 Å². The number of hydrogen-bond acceptors (Lipinski definition) is 3. The van der Waals surface area contributed by atoms with Crippen LogP contribution in [0.5, 0.6) is 0 Å². The van der Waals surface area contributed by atoms with Crippen LogP contribution in [0.25, 0.3) is 0 Å². The fourth-order valence-electron chi connectivity index (χ4n) is 2.55. The van der Waals surface area contributed by atoms with Crippen LogP contribution in [0, 0.1) is 0 Å². The normalized spacial score (nSPS) is 24.6. The predicted octanol–water partition coefficient (Wildman–Crippen LogP) is 2.03. The fourth-order valence-corrected chi connectivity index (χ4v) is 3.25. The van der Waals surface area contributed by atoms with Crippen molar-refractivity contribution >= 4 is 17.2 Å². The van der Waals surface area contributed by atoms with Crippen LogP contribution in [0.1, 0.15) is 31.2 Å². The SMILES string of the molecule is O=C1C(NC2CC2)CCCN1CCc1ccsc1. The van der Waals surface area contributed by atoms with Gasteiger partial charge in [0.1, 0.15) is 0 Å². The number of rotatable bonds is 5. The number of thiophene rings is 1. The van der Waals surface area contributed by atoms with Crippen LogP contribution in [-0.2, 0) is 11.2 Å². The smallest absolute Gasteiger partial charge is 0.239 e. The zero-order valence-electron chi connectivity index (χ0n) is 10.6. The highest BCUT2D eigenvalue weighted by molar-refractivity contribution is 7.07. The number of carbonyl (C=O) groups is 1. The third-order valence-corrected chi connectivity index (χ3v) is 4.53. The fraction of sp³-hybridized carbons (Fsp3) is 0.643. The molecule has 1 saturated heterocycles. The van der Waals surface area contributed by atoms with Crippen LogP contribution >= 0.6 is 11.3 Å². The van der Waals surface area contributed by atoms with Crippen LogP contribution in [0.2, 0.25) is 0 Å². The third kappa shape index (κ3) is 2.93. The molecule has 2 heterocycles. The van der Waals surface area contributed by atoms with Gasteiger partial charge in [0.2, 0.25) is 5.91 Å². The van der Waals surface area contributed by atoms with Crippen LogP contribution in [0.3, 0.4) is 0 Å². The second-order valence-corrected chi connectivity index (χ2v) is 6.12. The quantitative estimate of drug-likeness (QED) is 0.882. The molecule has 1 aromatic heterocycles. The molecular weight excluding hydrogens is 244 g/mol. The Morgan fingerprint density at radius 2 is 2.28 bits per heavy atom. The molecule has 1 aliphatic heterocycles. The van der Waals surface area contributed by atoms with Gasteiger partial charge in [0, 0.05) is 19.1 Å². The van der Waals surface area contributed by atoms with Crippen molar-refractivity contribution in [1.82, 2.24) is 10.2 Å². The van der Waals surface area contributed by atoms with Gasteiger partial charge < -0.3 is 10.2 Å². The third-order valence-electron chi connectivity index (χ3n) is 3.80. The molecule has 0 aromatic carbocycles. The number of likely N-dealkylation sites (tertiary alicyclic amines) is 1. The first-order valence-electron chi connectivity index (χ1n) is 6.89. The second-order valence-electron chi connectivity index (χ2n) is 5.34. The molecule has 3 nitrogen and oxygen atoms in total. The molecular formula is C14H20N2OS. The molecule has 2 fully saturated rings. The lowest BCUT2D eigenvalue weighted by molar-refractivity contribution is -0.136. The van der Waals surface area contributed by atoms with Gasteiger partial charge in [-0.25, -0.2) is 0 Å². The van der Waals surface area contributed by atoms with E-state index in [0.29, 0.717) is 11.9 Å². The second kappa shape index (κ2) is 5.41. The molecule has 1 N–H and O–H groups in total. The lowest BCUT2D eigenvalue weighted by Crippen LogP contribution is -2.51. The zero-order chi connectivity index (χ0) is 12.4. The number of piperidine rings is 1. The Morgan fingerprint density at radius 1 is 1.39 bits per heavy atom. The average molecular weight is 264 g/mol. The molecule has 0 radical (unpaired) electrons. The maximum absolute atomic E-state index is 12.3. The van der Waals surface area contributed by atoms with Gasteiger partial charge >= 0.3 is 0 Å². The maximum Gasteiger partial charge on any atom is 0.239 e. The molecule has 1 aromatic rings. The first kappa shape index (κ1) is 12.2. The highest BCUT2D eigenvalue weighted by atomic mass is 32.1. The molecule has 2 aliphatic rings. The highest BCUT2D eigenvalue weighted by Crippen LogP contribution is 2.22. The molecule has 1 unspecified atom stereocenters. The summed E-state index contributed by atoms with van der Waals surface area (Å²) < 4.78 is 0. The summed E-state index contributed by atoms with van der Waals surface area (Å²) in [6.07, 6.45) is 5.65. The van der Waals surface area contributed by atoms with Crippen molar-refractivity contribution in [2.45, 2.75) is 44.2 Å². The van der Waals surface area contributed by atoms with Crippen LogP contribution < -0.4 is 5.32 Å². The Kier molecular flexibility index (Phi) is 3.66. The monoisotopic (exact) mass is 264 g/mol. The molecule has 3 rings (SSSR count). The van der Waals surface area contributed by atoms with Crippen LogP contribution in [-0.4, -0.2) is 36.0 Å². The molecule has 18 heavy (non-hydrogen) atoms. The maximum atomic E-state index is 12.3. The lowest BCUT2D eigenvalue weighted by atomic mass is 10.0. The minimum atomic E-state index is 0.0914. The van der Waals surface area contributed by atoms with E-state index < -0.39 is 0 Å². The van der Waals surface area contributed by atoms with Crippen LogP contribution in [0.4, 0.5) is 0 Å². The summed E-state index contributed by atoms with van der Waals surface area (Å²) in [6, 6.07) is 2.86. The summed E-state index contributed by atoms with van der Waals surface area (Å²) >= 11 is 1.73. The van der Waals surface area contributed by atoms with Gasteiger partial charge in [-0.15, -0.1) is 0 Å². The summed E-state index contributed by atoms with van der Waals surface area (Å²) in [6.45, 7) is 1.81. The van der Waals surface area contributed by atoms with Crippen molar-refractivity contribution in [3.05, 3.63) is 22.4 Å². The van der Waals surface area contributed by atoms with E-state index >= 15 is 0 Å². The van der Waals surface area contributed by atoms with Crippen molar-refractivity contribution < 1.29 is 4.79 Å². The Bertz CT molecular complexity index is 400. The largest absolute Gasteiger partial charge is 0.341 e. The minimum Gasteiger partial charge on any atom is -0.341 e. The highest BCUT2D eigenvalue weighted by Gasteiger charge is 2.32. The summed E-state index contributed by atoms with van der Waals surface area (Å²) in [4.78, 5) is 14.4. The number of carbonyl (C=O) groups excluding carboxylic acids is 1. The summed E-state index contributed by atoms with van der Waals surface area (Å²) in [5, 5.41) is 7.75. The summed E-state index contributed by atoms with van der Waals surface area (Å²) in [5.74, 6) is 0.323. The Balaban J connectivity index is 1.52. The molecule has 4 heteroatoms. The van der Waals surface area contributed by atoms with E-state index in [2.05, 4.69) is 22.1 Å². The van der Waals surface area contributed by atoms with Gasteiger partial charge in [0.05, 0.1) is 6.04 Å². The Labute approximate surface area is 112 Å². The molecule has 1 saturated carbocycles. The molecule has 0 spiro atoms. The predicted molar refractivity (Wildman–Crippen MR) is 73.8 cm³/mol. The zero-order valence-corrected chi connectivity index (χ0v) is 11.4. The summed E-state index contributed by atoms with van der Waals surface area (Å²) in [7, 11) is 0.